The molecule has 0 aromatic carbocycles. The highest BCUT2D eigenvalue weighted by molar-refractivity contribution is 6.07. The number of imide groups is 1. The van der Waals surface area contributed by atoms with Crippen LogP contribution >= 0.6 is 0 Å². The SMILES string of the molecule is CC1=C(C(=O)NCC2(c3nccn3C)NC(=O)NC2=O)CNN1c1ccncc1. The van der Waals surface area contributed by atoms with Crippen LogP contribution in [0.15, 0.2) is 48.2 Å². The van der Waals surface area contributed by atoms with Crippen molar-refractivity contribution >= 4 is 23.5 Å². The van der Waals surface area contributed by atoms with Gasteiger partial charge in [-0.25, -0.2) is 15.2 Å². The number of rotatable bonds is 5. The van der Waals surface area contributed by atoms with Gasteiger partial charge in [0.25, 0.3) is 11.8 Å². The van der Waals surface area contributed by atoms with Gasteiger partial charge in [0.2, 0.25) is 0 Å². The molecule has 2 aliphatic rings. The molecule has 2 aromatic rings. The molecule has 1 fully saturated rings. The lowest BCUT2D eigenvalue weighted by molar-refractivity contribution is -0.125. The number of allylic oxidation sites excluding steroid dienone is 1. The van der Waals surface area contributed by atoms with E-state index in [4.69, 9.17) is 0 Å². The van der Waals surface area contributed by atoms with Gasteiger partial charge in [-0.1, -0.05) is 0 Å². The Hall–Kier alpha value is -3.73. The van der Waals surface area contributed by atoms with Gasteiger partial charge in [0.15, 0.2) is 5.54 Å². The standard InChI is InChI=1S/C18H20N8O3/c1-11-13(9-22-26(11)12-3-5-19-6-4-12)14(27)21-10-18(15-20-7-8-25(15)2)16(28)23-17(29)24-18/h3-8,22H,9-10H2,1-2H3,(H,21,27)(H2,23,24,28,29). The molecule has 1 unspecified atom stereocenters. The number of hydrazine groups is 1. The molecule has 11 nitrogen and oxygen atoms in total. The molecule has 11 heteroatoms. The maximum absolute atomic E-state index is 12.9. The number of aryl methyl sites for hydroxylation is 1. The zero-order valence-electron chi connectivity index (χ0n) is 15.9. The zero-order valence-corrected chi connectivity index (χ0v) is 15.9. The molecule has 0 radical (unpaired) electrons. The summed E-state index contributed by atoms with van der Waals surface area (Å²) in [4.78, 5) is 45.4. The highest BCUT2D eigenvalue weighted by Gasteiger charge is 2.51. The van der Waals surface area contributed by atoms with Crippen molar-refractivity contribution in [1.29, 1.82) is 0 Å². The molecule has 1 saturated heterocycles. The molecule has 2 aliphatic heterocycles. The van der Waals surface area contributed by atoms with E-state index in [0.717, 1.165) is 11.4 Å². The molecular weight excluding hydrogens is 376 g/mol. The number of pyridine rings is 1. The summed E-state index contributed by atoms with van der Waals surface area (Å²) in [6, 6.07) is 3.02. The van der Waals surface area contributed by atoms with Crippen molar-refractivity contribution in [3.63, 3.8) is 0 Å². The Morgan fingerprint density at radius 3 is 2.66 bits per heavy atom. The molecule has 2 aromatic heterocycles. The molecule has 29 heavy (non-hydrogen) atoms. The number of aromatic nitrogens is 3. The van der Waals surface area contributed by atoms with Crippen LogP contribution in [0.4, 0.5) is 10.5 Å². The van der Waals surface area contributed by atoms with Gasteiger partial charge >= 0.3 is 6.03 Å². The molecule has 150 valence electrons. The summed E-state index contributed by atoms with van der Waals surface area (Å²) in [6.07, 6.45) is 6.52. The van der Waals surface area contributed by atoms with Crippen LogP contribution in [-0.2, 0) is 22.2 Å². The van der Waals surface area contributed by atoms with E-state index in [-0.39, 0.29) is 12.5 Å². The van der Waals surface area contributed by atoms with Crippen molar-refractivity contribution in [3.8, 4) is 0 Å². The van der Waals surface area contributed by atoms with E-state index in [1.165, 1.54) is 6.20 Å². The first-order chi connectivity index (χ1) is 13.9. The Kier molecular flexibility index (Phi) is 4.51. The maximum atomic E-state index is 12.9. The lowest BCUT2D eigenvalue weighted by atomic mass is 9.98. The number of anilines is 1. The van der Waals surface area contributed by atoms with Gasteiger partial charge < -0.3 is 15.2 Å². The second kappa shape index (κ2) is 7.02. The van der Waals surface area contributed by atoms with Gasteiger partial charge in [-0.3, -0.25) is 24.9 Å². The Morgan fingerprint density at radius 1 is 1.28 bits per heavy atom. The van der Waals surface area contributed by atoms with Crippen LogP contribution < -0.4 is 26.4 Å². The number of imidazole rings is 1. The quantitative estimate of drug-likeness (QED) is 0.490. The molecule has 4 heterocycles. The number of carbonyl (C=O) groups excluding carboxylic acids is 3. The highest BCUT2D eigenvalue weighted by Crippen LogP contribution is 2.25. The van der Waals surface area contributed by atoms with Crippen LogP contribution in [0, 0.1) is 0 Å². The van der Waals surface area contributed by atoms with Crippen molar-refractivity contribution in [2.45, 2.75) is 12.5 Å². The van der Waals surface area contributed by atoms with Crippen molar-refractivity contribution in [2.24, 2.45) is 7.05 Å². The summed E-state index contributed by atoms with van der Waals surface area (Å²) < 4.78 is 1.63. The van der Waals surface area contributed by atoms with Crippen molar-refractivity contribution in [2.75, 3.05) is 18.1 Å². The van der Waals surface area contributed by atoms with Gasteiger partial charge in [-0.2, -0.15) is 0 Å². The second-order valence-electron chi connectivity index (χ2n) is 6.80. The minimum absolute atomic E-state index is 0.139. The molecular formula is C18H20N8O3. The molecule has 1 atom stereocenters. The molecule has 4 rings (SSSR count). The largest absolute Gasteiger partial charge is 0.349 e. The highest BCUT2D eigenvalue weighted by atomic mass is 16.2. The zero-order chi connectivity index (χ0) is 20.6. The van der Waals surface area contributed by atoms with Crippen molar-refractivity contribution in [1.82, 2.24) is 35.9 Å². The molecule has 0 saturated carbocycles. The van der Waals surface area contributed by atoms with Crippen LogP contribution in [-0.4, -0.2) is 45.5 Å². The Morgan fingerprint density at radius 2 is 2.03 bits per heavy atom. The van der Waals surface area contributed by atoms with Gasteiger partial charge in [0.05, 0.1) is 17.8 Å². The smallest absolute Gasteiger partial charge is 0.322 e. The predicted octanol–water partition coefficient (Wildman–Crippen LogP) is -0.735. The van der Waals surface area contributed by atoms with E-state index in [9.17, 15) is 14.4 Å². The summed E-state index contributed by atoms with van der Waals surface area (Å²) in [7, 11) is 1.71. The normalized spacial score (nSPS) is 21.4. The first-order valence-corrected chi connectivity index (χ1v) is 8.95. The number of amides is 4. The lowest BCUT2D eigenvalue weighted by Gasteiger charge is -2.25. The summed E-state index contributed by atoms with van der Waals surface area (Å²) in [5.74, 6) is -0.574. The fraction of sp³-hybridized carbons (Fsp3) is 0.278. The minimum Gasteiger partial charge on any atom is -0.349 e. The summed E-state index contributed by atoms with van der Waals surface area (Å²) in [5.41, 5.74) is 3.79. The van der Waals surface area contributed by atoms with Crippen LogP contribution in [0.5, 0.6) is 0 Å². The number of hydrogen-bond donors (Lipinski definition) is 4. The third-order valence-corrected chi connectivity index (χ3v) is 5.04. The van der Waals surface area contributed by atoms with Gasteiger partial charge in [-0.05, 0) is 19.1 Å². The van der Waals surface area contributed by atoms with Crippen LogP contribution in [0.2, 0.25) is 0 Å². The summed E-state index contributed by atoms with van der Waals surface area (Å²) >= 11 is 0. The van der Waals surface area contributed by atoms with Crippen LogP contribution in [0.3, 0.4) is 0 Å². The van der Waals surface area contributed by atoms with E-state index in [1.807, 2.05) is 19.1 Å². The van der Waals surface area contributed by atoms with Crippen LogP contribution in [0.25, 0.3) is 0 Å². The topological polar surface area (TPSA) is 133 Å². The molecule has 0 bridgehead atoms. The van der Waals surface area contributed by atoms with Gasteiger partial charge in [0.1, 0.15) is 5.82 Å². The first kappa shape index (κ1) is 18.6. The van der Waals surface area contributed by atoms with E-state index in [0.29, 0.717) is 17.9 Å². The van der Waals surface area contributed by atoms with E-state index >= 15 is 0 Å². The fourth-order valence-corrected chi connectivity index (χ4v) is 3.51. The molecule has 0 spiro atoms. The summed E-state index contributed by atoms with van der Waals surface area (Å²) in [5, 5.41) is 9.40. The monoisotopic (exact) mass is 396 g/mol. The molecule has 4 amide bonds. The number of hydrogen-bond acceptors (Lipinski definition) is 7. The van der Waals surface area contributed by atoms with E-state index in [1.54, 1.807) is 35.2 Å². The maximum Gasteiger partial charge on any atom is 0.322 e. The average molecular weight is 396 g/mol. The average Bonchev–Trinajstić information content (AvgIpc) is 3.38. The Bertz CT molecular complexity index is 1020. The van der Waals surface area contributed by atoms with Crippen molar-refractivity contribution in [3.05, 3.63) is 54.0 Å². The summed E-state index contributed by atoms with van der Waals surface area (Å²) in [6.45, 7) is 2.02. The van der Waals surface area contributed by atoms with Gasteiger partial charge in [0, 0.05) is 44.1 Å². The molecule has 0 aliphatic carbocycles. The van der Waals surface area contributed by atoms with Crippen molar-refractivity contribution < 1.29 is 14.4 Å². The number of carbonyl (C=O) groups is 3. The Balaban J connectivity index is 1.55. The van der Waals surface area contributed by atoms with E-state index < -0.39 is 17.5 Å². The number of nitrogens with one attached hydrogen (secondary N) is 4. The first-order valence-electron chi connectivity index (χ1n) is 8.95. The van der Waals surface area contributed by atoms with E-state index in [2.05, 4.69) is 31.3 Å². The third kappa shape index (κ3) is 3.10. The lowest BCUT2D eigenvalue weighted by Crippen LogP contribution is -2.54. The second-order valence-corrected chi connectivity index (χ2v) is 6.80. The van der Waals surface area contributed by atoms with Crippen LogP contribution in [0.1, 0.15) is 12.7 Å². The predicted molar refractivity (Wildman–Crippen MR) is 102 cm³/mol. The fourth-order valence-electron chi connectivity index (χ4n) is 3.51. The van der Waals surface area contributed by atoms with Gasteiger partial charge in [-0.15, -0.1) is 0 Å². The molecule has 4 N–H and O–H groups in total. The number of nitrogens with zero attached hydrogens (tertiary/aromatic N) is 4. The third-order valence-electron chi connectivity index (χ3n) is 5.04. The number of urea groups is 1. The minimum atomic E-state index is -1.48. The Labute approximate surface area is 166 Å².